The molecule has 3 atom stereocenters. The van der Waals surface area contributed by atoms with Gasteiger partial charge in [0.15, 0.2) is 0 Å². The van der Waals surface area contributed by atoms with E-state index in [2.05, 4.69) is 31.0 Å². The van der Waals surface area contributed by atoms with Crippen LogP contribution >= 0.6 is 15.9 Å². The van der Waals surface area contributed by atoms with Gasteiger partial charge in [-0.3, -0.25) is 4.79 Å². The maximum Gasteiger partial charge on any atom is 0.407 e. The van der Waals surface area contributed by atoms with E-state index in [9.17, 15) is 14.4 Å². The smallest absolute Gasteiger partial charge is 0.407 e. The highest BCUT2D eigenvalue weighted by Crippen LogP contribution is 2.30. The van der Waals surface area contributed by atoms with Gasteiger partial charge in [-0.25, -0.2) is 14.6 Å². The van der Waals surface area contributed by atoms with Crippen LogP contribution in [0.25, 0.3) is 0 Å². The molecule has 9 nitrogen and oxygen atoms in total. The summed E-state index contributed by atoms with van der Waals surface area (Å²) in [5, 5.41) is 2.62. The number of rotatable bonds is 8. The van der Waals surface area contributed by atoms with Gasteiger partial charge in [-0.1, -0.05) is 26.8 Å². The number of aromatic nitrogens is 1. The first-order valence-corrected chi connectivity index (χ1v) is 11.3. The lowest BCUT2D eigenvalue weighted by atomic mass is 9.87. The Kier molecular flexibility index (Phi) is 9.30. The van der Waals surface area contributed by atoms with Crippen LogP contribution in [0.2, 0.25) is 0 Å². The van der Waals surface area contributed by atoms with E-state index in [0.29, 0.717) is 42.9 Å². The average Bonchev–Trinajstić information content (AvgIpc) is 3.15. The number of ether oxygens (including phenoxy) is 3. The first-order valence-electron chi connectivity index (χ1n) is 10.5. The van der Waals surface area contributed by atoms with Gasteiger partial charge in [0.1, 0.15) is 16.7 Å². The summed E-state index contributed by atoms with van der Waals surface area (Å²) >= 11 is 3.31. The van der Waals surface area contributed by atoms with Crippen molar-refractivity contribution in [1.29, 1.82) is 0 Å². The Morgan fingerprint density at radius 2 is 1.97 bits per heavy atom. The second-order valence-electron chi connectivity index (χ2n) is 9.02. The molecule has 0 aromatic carbocycles. The minimum Gasteiger partial charge on any atom is -0.478 e. The fourth-order valence-electron chi connectivity index (χ4n) is 3.75. The number of likely N-dealkylation sites (tertiary alicyclic amines) is 1. The first-order chi connectivity index (χ1) is 15.0. The second kappa shape index (κ2) is 11.5. The zero-order chi connectivity index (χ0) is 23.9. The summed E-state index contributed by atoms with van der Waals surface area (Å²) in [7, 11) is 2.55. The highest BCUT2D eigenvalue weighted by molar-refractivity contribution is 9.10. The van der Waals surface area contributed by atoms with Crippen LogP contribution < -0.4 is 10.1 Å². The number of esters is 1. The summed E-state index contributed by atoms with van der Waals surface area (Å²) in [6.45, 7) is 6.70. The summed E-state index contributed by atoms with van der Waals surface area (Å²) < 4.78 is 16.0. The maximum absolute atomic E-state index is 13.4. The SMILES string of the molecule is COC(=O)NC(CC(C)(C)C)C(=O)N1CC(CCOc2cccc(Br)n2)C[C@H]1C(=O)OC. The van der Waals surface area contributed by atoms with Crippen molar-refractivity contribution in [1.82, 2.24) is 15.2 Å². The lowest BCUT2D eigenvalue weighted by molar-refractivity contribution is -0.151. The molecule has 0 aliphatic carbocycles. The second-order valence-corrected chi connectivity index (χ2v) is 9.83. The van der Waals surface area contributed by atoms with E-state index < -0.39 is 24.1 Å². The van der Waals surface area contributed by atoms with E-state index in [4.69, 9.17) is 9.47 Å². The van der Waals surface area contributed by atoms with Gasteiger partial charge >= 0.3 is 12.1 Å². The summed E-state index contributed by atoms with van der Waals surface area (Å²) in [6, 6.07) is 3.89. The third kappa shape index (κ3) is 7.65. The van der Waals surface area contributed by atoms with Crippen LogP contribution in [0.4, 0.5) is 4.79 Å². The van der Waals surface area contributed by atoms with Crippen molar-refractivity contribution in [2.75, 3.05) is 27.4 Å². The molecule has 2 unspecified atom stereocenters. The minimum atomic E-state index is -0.810. The number of alkyl carbamates (subject to hydrolysis) is 1. The molecule has 1 saturated heterocycles. The third-order valence-corrected chi connectivity index (χ3v) is 5.64. The highest BCUT2D eigenvalue weighted by atomic mass is 79.9. The van der Waals surface area contributed by atoms with Gasteiger partial charge < -0.3 is 24.4 Å². The van der Waals surface area contributed by atoms with Crippen molar-refractivity contribution in [2.24, 2.45) is 11.3 Å². The molecule has 10 heteroatoms. The quantitative estimate of drug-likeness (QED) is 0.420. The molecule has 0 radical (unpaired) electrons. The van der Waals surface area contributed by atoms with Gasteiger partial charge in [0.2, 0.25) is 11.8 Å². The van der Waals surface area contributed by atoms with Gasteiger partial charge in [0.25, 0.3) is 0 Å². The molecule has 1 fully saturated rings. The average molecular weight is 514 g/mol. The number of carbonyl (C=O) groups excluding carboxylic acids is 3. The molecule has 1 aromatic heterocycles. The van der Waals surface area contributed by atoms with Crippen LogP contribution in [0, 0.1) is 11.3 Å². The molecule has 0 bridgehead atoms. The minimum absolute atomic E-state index is 0.0450. The Labute approximate surface area is 197 Å². The largest absolute Gasteiger partial charge is 0.478 e. The zero-order valence-corrected chi connectivity index (χ0v) is 20.8. The Hall–Kier alpha value is -2.36. The number of methoxy groups -OCH3 is 2. The van der Waals surface area contributed by atoms with Gasteiger partial charge in [0.05, 0.1) is 20.8 Å². The molecule has 0 saturated carbocycles. The van der Waals surface area contributed by atoms with E-state index in [0.717, 1.165) is 0 Å². The predicted octanol–water partition coefficient (Wildman–Crippen LogP) is 3.16. The summed E-state index contributed by atoms with van der Waals surface area (Å²) in [5.41, 5.74) is -0.230. The lowest BCUT2D eigenvalue weighted by Gasteiger charge is -2.31. The molecule has 1 N–H and O–H groups in total. The van der Waals surface area contributed by atoms with Crippen LogP contribution in [0.1, 0.15) is 40.0 Å². The zero-order valence-electron chi connectivity index (χ0n) is 19.2. The number of hydrogen-bond donors (Lipinski definition) is 1. The monoisotopic (exact) mass is 513 g/mol. The van der Waals surface area contributed by atoms with Gasteiger partial charge in [-0.15, -0.1) is 0 Å². The maximum atomic E-state index is 13.4. The molecule has 32 heavy (non-hydrogen) atoms. The van der Waals surface area contributed by atoms with Crippen LogP contribution in [0.15, 0.2) is 22.8 Å². The number of nitrogens with one attached hydrogen (secondary N) is 1. The number of carbonyl (C=O) groups is 3. The molecule has 1 aliphatic heterocycles. The fourth-order valence-corrected chi connectivity index (χ4v) is 4.08. The standard InChI is InChI=1S/C22H32BrN3O6/c1-22(2,3)12-15(24-21(29)31-5)19(27)26-13-14(11-16(26)20(28)30-4)9-10-32-18-8-6-7-17(23)25-18/h6-8,14-16H,9-13H2,1-5H3,(H,24,29)/t14?,15?,16-/m0/s1. The van der Waals surface area contributed by atoms with E-state index in [-0.39, 0.29) is 17.2 Å². The summed E-state index contributed by atoms with van der Waals surface area (Å²) in [5.74, 6) is -0.244. The highest BCUT2D eigenvalue weighted by Gasteiger charge is 2.43. The third-order valence-electron chi connectivity index (χ3n) is 5.20. The molecule has 2 amide bonds. The number of nitrogens with zero attached hydrogens (tertiary/aromatic N) is 2. The van der Waals surface area contributed by atoms with Crippen molar-refractivity contribution < 1.29 is 28.6 Å². The first kappa shape index (κ1) is 25.9. The Bertz CT molecular complexity index is 813. The Morgan fingerprint density at radius 3 is 2.56 bits per heavy atom. The number of pyridine rings is 1. The van der Waals surface area contributed by atoms with Crippen molar-refractivity contribution in [3.05, 3.63) is 22.8 Å². The molecule has 2 rings (SSSR count). The fraction of sp³-hybridized carbons (Fsp3) is 0.636. The molecule has 0 spiro atoms. The molecule has 1 aromatic rings. The van der Waals surface area contributed by atoms with Crippen molar-refractivity contribution >= 4 is 33.9 Å². The molecular formula is C22H32BrN3O6. The van der Waals surface area contributed by atoms with Crippen LogP contribution in [0.5, 0.6) is 5.88 Å². The lowest BCUT2D eigenvalue weighted by Crippen LogP contribution is -2.53. The molecule has 2 heterocycles. The molecular weight excluding hydrogens is 482 g/mol. The molecule has 178 valence electrons. The van der Waals surface area contributed by atoms with E-state index in [1.807, 2.05) is 32.9 Å². The topological polar surface area (TPSA) is 107 Å². The van der Waals surface area contributed by atoms with Gasteiger partial charge in [0, 0.05) is 12.6 Å². The number of amides is 2. The van der Waals surface area contributed by atoms with Crippen molar-refractivity contribution in [3.8, 4) is 5.88 Å². The van der Waals surface area contributed by atoms with Crippen LogP contribution in [0.3, 0.4) is 0 Å². The van der Waals surface area contributed by atoms with Crippen molar-refractivity contribution in [3.63, 3.8) is 0 Å². The van der Waals surface area contributed by atoms with E-state index in [1.54, 1.807) is 6.07 Å². The van der Waals surface area contributed by atoms with Gasteiger partial charge in [-0.05, 0) is 52.6 Å². The van der Waals surface area contributed by atoms with Crippen LogP contribution in [-0.4, -0.2) is 67.3 Å². The summed E-state index contributed by atoms with van der Waals surface area (Å²) in [4.78, 5) is 43.4. The number of halogens is 1. The summed E-state index contributed by atoms with van der Waals surface area (Å²) in [6.07, 6.45) is 0.814. The molecule has 1 aliphatic rings. The van der Waals surface area contributed by atoms with Crippen molar-refractivity contribution in [2.45, 2.75) is 52.1 Å². The Balaban J connectivity index is 2.09. The van der Waals surface area contributed by atoms with Crippen LogP contribution in [-0.2, 0) is 19.1 Å². The van der Waals surface area contributed by atoms with Gasteiger partial charge in [-0.2, -0.15) is 0 Å². The normalized spacial score (nSPS) is 19.2. The predicted molar refractivity (Wildman–Crippen MR) is 121 cm³/mol. The van der Waals surface area contributed by atoms with E-state index >= 15 is 0 Å². The van der Waals surface area contributed by atoms with E-state index in [1.165, 1.54) is 19.1 Å². The Morgan fingerprint density at radius 1 is 1.25 bits per heavy atom. The number of hydrogen-bond acceptors (Lipinski definition) is 7.